The van der Waals surface area contributed by atoms with Gasteiger partial charge in [0, 0.05) is 13.1 Å². The van der Waals surface area contributed by atoms with Gasteiger partial charge in [-0.25, -0.2) is 4.57 Å². The van der Waals surface area contributed by atoms with Crippen LogP contribution >= 0.6 is 0 Å². The van der Waals surface area contributed by atoms with Crippen molar-refractivity contribution in [3.05, 3.63) is 65.4 Å². The summed E-state index contributed by atoms with van der Waals surface area (Å²) in [4.78, 5) is 2.44. The van der Waals surface area contributed by atoms with Crippen molar-refractivity contribution >= 4 is 32.9 Å². The van der Waals surface area contributed by atoms with Crippen LogP contribution in [0.5, 0.6) is 0 Å². The molecule has 0 spiro atoms. The fraction of sp³-hybridized carbons (Fsp3) is 0.321. The van der Waals surface area contributed by atoms with Crippen molar-refractivity contribution in [1.82, 2.24) is 0 Å². The van der Waals surface area contributed by atoms with Gasteiger partial charge in [0.15, 0.2) is 6.20 Å². The Morgan fingerprint density at radius 2 is 1.60 bits per heavy atom. The lowest BCUT2D eigenvalue weighted by Crippen LogP contribution is -2.33. The van der Waals surface area contributed by atoms with E-state index in [2.05, 4.69) is 107 Å². The van der Waals surface area contributed by atoms with Gasteiger partial charge in [-0.2, -0.15) is 0 Å². The van der Waals surface area contributed by atoms with Gasteiger partial charge in [0.05, 0.1) is 22.3 Å². The molecule has 0 unspecified atom stereocenters. The van der Waals surface area contributed by atoms with E-state index in [4.69, 9.17) is 0 Å². The molecule has 2 heterocycles. The predicted octanol–water partition coefficient (Wildman–Crippen LogP) is 6.77. The zero-order chi connectivity index (χ0) is 21.4. The van der Waals surface area contributed by atoms with Gasteiger partial charge in [0.25, 0.3) is 0 Å². The molecule has 2 heteroatoms. The molecule has 0 saturated carbocycles. The van der Waals surface area contributed by atoms with Gasteiger partial charge in [-0.1, -0.05) is 51.1 Å². The summed E-state index contributed by atoms with van der Waals surface area (Å²) in [6, 6.07) is 15.9. The van der Waals surface area contributed by atoms with Gasteiger partial charge >= 0.3 is 0 Å². The normalized spacial score (nSPS) is 13.2. The van der Waals surface area contributed by atoms with E-state index < -0.39 is 0 Å². The summed E-state index contributed by atoms with van der Waals surface area (Å²) in [5.74, 6) is 0. The molecule has 0 N–H and O–H groups in total. The summed E-state index contributed by atoms with van der Waals surface area (Å²) < 4.78 is 2.31. The molecule has 0 radical (unpaired) electrons. The van der Waals surface area contributed by atoms with Crippen LogP contribution in [0.25, 0.3) is 32.8 Å². The Kier molecular flexibility index (Phi) is 4.02. The van der Waals surface area contributed by atoms with Gasteiger partial charge in [0.2, 0.25) is 5.69 Å². The molecule has 5 rings (SSSR count). The summed E-state index contributed by atoms with van der Waals surface area (Å²) in [6.45, 7) is 11.5. The van der Waals surface area contributed by atoms with Gasteiger partial charge in [-0.3, -0.25) is 0 Å². The average Bonchev–Trinajstić information content (AvgIpc) is 2.68. The monoisotopic (exact) mass is 395 g/mol. The Morgan fingerprint density at radius 3 is 2.27 bits per heavy atom. The highest BCUT2D eigenvalue weighted by atomic mass is 15.1. The Morgan fingerprint density at radius 1 is 0.933 bits per heavy atom. The number of anilines is 2. The molecule has 30 heavy (non-hydrogen) atoms. The van der Waals surface area contributed by atoms with Crippen LogP contribution in [0, 0.1) is 19.3 Å². The lowest BCUT2D eigenvalue weighted by atomic mass is 9.84. The maximum Gasteiger partial charge on any atom is 0.224 e. The summed E-state index contributed by atoms with van der Waals surface area (Å²) in [6.07, 6.45) is 3.30. The van der Waals surface area contributed by atoms with E-state index in [1.165, 1.54) is 60.9 Å². The molecule has 0 saturated heterocycles. The van der Waals surface area contributed by atoms with Crippen LogP contribution in [0.1, 0.15) is 37.5 Å². The third-order valence-corrected chi connectivity index (χ3v) is 6.65. The van der Waals surface area contributed by atoms with Gasteiger partial charge in [0.1, 0.15) is 7.05 Å². The van der Waals surface area contributed by atoms with E-state index in [1.807, 2.05) is 0 Å². The zero-order valence-electron chi connectivity index (χ0n) is 19.2. The lowest BCUT2D eigenvalue weighted by Gasteiger charge is -2.32. The standard InChI is InChI=1S/C28H31N2/c1-17-21-10-8-9-11-22(21)18(2)26-24(17)27-25-20(12-13-29(27)6)14-19(16-28(3,4)5)15-23(25)30(26)7/h8-15H,16H2,1-7H3/q+1. The van der Waals surface area contributed by atoms with Crippen molar-refractivity contribution in [2.75, 3.05) is 11.9 Å². The van der Waals surface area contributed by atoms with E-state index in [1.54, 1.807) is 0 Å². The minimum Gasteiger partial charge on any atom is -0.343 e. The second-order valence-electron chi connectivity index (χ2n) is 10.2. The lowest BCUT2D eigenvalue weighted by molar-refractivity contribution is -0.659. The SMILES string of the molecule is Cc1c2c(c(C)c3ccccc13)N(C)c1cc(CC(C)(C)C)cc3cc[n+](C)c-2c13. The van der Waals surface area contributed by atoms with Crippen molar-refractivity contribution < 1.29 is 4.57 Å². The zero-order valence-corrected chi connectivity index (χ0v) is 19.2. The van der Waals surface area contributed by atoms with Crippen molar-refractivity contribution in [3.63, 3.8) is 0 Å². The first-order chi connectivity index (χ1) is 14.2. The van der Waals surface area contributed by atoms with E-state index in [-0.39, 0.29) is 5.41 Å². The number of benzene rings is 3. The number of hydrogen-bond acceptors (Lipinski definition) is 1. The molecule has 3 aromatic carbocycles. The largest absolute Gasteiger partial charge is 0.343 e. The number of aryl methyl sites for hydroxylation is 3. The first-order valence-corrected chi connectivity index (χ1v) is 10.9. The molecule has 0 aliphatic carbocycles. The summed E-state index contributed by atoms with van der Waals surface area (Å²) >= 11 is 0. The van der Waals surface area contributed by atoms with Crippen LogP contribution in [0.2, 0.25) is 0 Å². The minimum absolute atomic E-state index is 0.260. The number of pyridine rings is 1. The maximum absolute atomic E-state index is 2.44. The predicted molar refractivity (Wildman–Crippen MR) is 129 cm³/mol. The van der Waals surface area contributed by atoms with Crippen molar-refractivity contribution in [2.45, 2.75) is 41.0 Å². The summed E-state index contributed by atoms with van der Waals surface area (Å²) in [5, 5.41) is 5.41. The molecular formula is C28H31N2+. The summed E-state index contributed by atoms with van der Waals surface area (Å²) in [5.41, 5.74) is 9.77. The first kappa shape index (κ1) is 19.1. The molecule has 0 bridgehead atoms. The van der Waals surface area contributed by atoms with Crippen LogP contribution < -0.4 is 9.47 Å². The molecule has 1 aromatic heterocycles. The topological polar surface area (TPSA) is 7.12 Å². The highest BCUT2D eigenvalue weighted by Crippen LogP contribution is 2.50. The fourth-order valence-corrected chi connectivity index (χ4v) is 5.42. The van der Waals surface area contributed by atoms with Crippen molar-refractivity contribution in [2.24, 2.45) is 12.5 Å². The van der Waals surface area contributed by atoms with Crippen LogP contribution in [0.4, 0.5) is 11.4 Å². The van der Waals surface area contributed by atoms with E-state index in [9.17, 15) is 0 Å². The van der Waals surface area contributed by atoms with Crippen molar-refractivity contribution in [3.8, 4) is 11.3 Å². The molecule has 1 aliphatic heterocycles. The summed E-state index contributed by atoms with van der Waals surface area (Å²) in [7, 11) is 4.42. The Bertz CT molecular complexity index is 1340. The number of aromatic nitrogens is 1. The Hall–Kier alpha value is -2.87. The Balaban J connectivity index is 1.94. The first-order valence-electron chi connectivity index (χ1n) is 10.9. The number of fused-ring (bicyclic) bond motifs is 3. The molecule has 0 atom stereocenters. The minimum atomic E-state index is 0.260. The quantitative estimate of drug-likeness (QED) is 0.323. The maximum atomic E-state index is 2.44. The molecule has 1 aliphatic rings. The third-order valence-electron chi connectivity index (χ3n) is 6.65. The van der Waals surface area contributed by atoms with Gasteiger partial charge in [-0.15, -0.1) is 0 Å². The Labute approximate surface area is 179 Å². The van der Waals surface area contributed by atoms with E-state index >= 15 is 0 Å². The molecule has 4 aromatic rings. The smallest absolute Gasteiger partial charge is 0.224 e. The highest BCUT2D eigenvalue weighted by Gasteiger charge is 2.33. The van der Waals surface area contributed by atoms with E-state index in [0.29, 0.717) is 0 Å². The fourth-order valence-electron chi connectivity index (χ4n) is 5.42. The highest BCUT2D eigenvalue weighted by molar-refractivity contribution is 6.14. The second-order valence-corrected chi connectivity index (χ2v) is 10.2. The molecule has 0 fully saturated rings. The van der Waals surface area contributed by atoms with Gasteiger partial charge in [-0.05, 0) is 64.6 Å². The van der Waals surface area contributed by atoms with Crippen molar-refractivity contribution in [1.29, 1.82) is 0 Å². The van der Waals surface area contributed by atoms with E-state index in [0.717, 1.165) is 6.42 Å². The second kappa shape index (κ2) is 6.31. The van der Waals surface area contributed by atoms with Crippen LogP contribution in [-0.2, 0) is 13.5 Å². The number of hydrogen-bond donors (Lipinski definition) is 0. The van der Waals surface area contributed by atoms with Crippen LogP contribution in [0.15, 0.2) is 48.7 Å². The average molecular weight is 396 g/mol. The molecule has 0 amide bonds. The molecule has 2 nitrogen and oxygen atoms in total. The number of rotatable bonds is 1. The molecular weight excluding hydrogens is 364 g/mol. The molecule has 152 valence electrons. The third kappa shape index (κ3) is 2.66. The van der Waals surface area contributed by atoms with Gasteiger partial charge < -0.3 is 4.90 Å². The van der Waals surface area contributed by atoms with Crippen LogP contribution in [0.3, 0.4) is 0 Å². The van der Waals surface area contributed by atoms with Crippen LogP contribution in [-0.4, -0.2) is 7.05 Å². The number of nitrogens with zero attached hydrogens (tertiary/aromatic N) is 2.